The smallest absolute Gasteiger partial charge is 0.192 e. The normalized spacial score (nSPS) is 38.4. The molecule has 0 aliphatic heterocycles. The molecule has 3 fully saturated rings. The topological polar surface area (TPSA) is 27.7 Å². The number of methoxy groups -OCH3 is 1. The second kappa shape index (κ2) is 11.6. The third-order valence-electron chi connectivity index (χ3n) is 13.4. The minimum atomic E-state index is -1.73. The van der Waals surface area contributed by atoms with E-state index in [0.29, 0.717) is 35.6 Å². The van der Waals surface area contributed by atoms with Crippen molar-refractivity contribution >= 4 is 8.32 Å². The summed E-state index contributed by atoms with van der Waals surface area (Å²) in [4.78, 5) is 0. The van der Waals surface area contributed by atoms with Gasteiger partial charge in [0.2, 0.25) is 0 Å². The summed E-state index contributed by atoms with van der Waals surface area (Å²) in [6.07, 6.45) is 18.8. The molecule has 0 aromatic carbocycles. The second-order valence-corrected chi connectivity index (χ2v) is 21.7. The number of fused-ring (bicyclic) bond motifs is 5. The van der Waals surface area contributed by atoms with Gasteiger partial charge in [0.15, 0.2) is 8.32 Å². The summed E-state index contributed by atoms with van der Waals surface area (Å²) in [5, 5.41) is 0.283. The third-order valence-corrected chi connectivity index (χ3v) is 17.9. The largest absolute Gasteiger partial charge is 0.414 e. The zero-order valence-electron chi connectivity index (χ0n) is 28.4. The van der Waals surface area contributed by atoms with Crippen LogP contribution in [-0.4, -0.2) is 33.9 Å². The molecular formula is C36H64O3Si. The number of hydrogen-bond donors (Lipinski definition) is 0. The predicted octanol–water partition coefficient (Wildman–Crippen LogP) is 10.2. The Kier molecular flexibility index (Phi) is 9.41. The van der Waals surface area contributed by atoms with Gasteiger partial charge >= 0.3 is 0 Å². The van der Waals surface area contributed by atoms with Gasteiger partial charge in [0, 0.05) is 19.1 Å². The quantitative estimate of drug-likeness (QED) is 0.156. The van der Waals surface area contributed by atoms with Crippen LogP contribution in [0, 0.1) is 46.3 Å². The number of rotatable bonds is 9. The van der Waals surface area contributed by atoms with Gasteiger partial charge in [-0.3, -0.25) is 0 Å². The molecule has 0 spiro atoms. The lowest BCUT2D eigenvalue weighted by Crippen LogP contribution is -2.52. The van der Waals surface area contributed by atoms with Crippen molar-refractivity contribution in [1.29, 1.82) is 0 Å². The van der Waals surface area contributed by atoms with E-state index in [2.05, 4.69) is 93.6 Å². The Morgan fingerprint density at radius 3 is 2.33 bits per heavy atom. The first kappa shape index (κ1) is 32.5. The average molecular weight is 573 g/mol. The first-order valence-electron chi connectivity index (χ1n) is 16.6. The SMILES string of the molecule is COCOC(C)(C)[C@@H](C)/C=C/[C@@H](C)[C@H]1CC[C@H]2[C@@H]3CC=C4C[C@@H](O[Si](C)(C)C(C)(C)C)CC[C@]4(C)[C@H]3CC[C@]12C. The molecule has 0 aromatic rings. The van der Waals surface area contributed by atoms with Crippen molar-refractivity contribution in [3.05, 3.63) is 23.8 Å². The molecule has 0 N–H and O–H groups in total. The molecule has 3 nitrogen and oxygen atoms in total. The minimum absolute atomic E-state index is 0.220. The molecule has 0 aromatic heterocycles. The van der Waals surface area contributed by atoms with Crippen LogP contribution in [0.2, 0.25) is 18.1 Å². The van der Waals surface area contributed by atoms with Crippen LogP contribution in [0.25, 0.3) is 0 Å². The highest BCUT2D eigenvalue weighted by molar-refractivity contribution is 6.74. The Hall–Kier alpha value is -0.423. The average Bonchev–Trinajstić information content (AvgIpc) is 3.22. The molecule has 4 rings (SSSR count). The van der Waals surface area contributed by atoms with Crippen LogP contribution in [0.5, 0.6) is 0 Å². The first-order chi connectivity index (χ1) is 18.5. The van der Waals surface area contributed by atoms with E-state index in [1.54, 1.807) is 12.7 Å². The van der Waals surface area contributed by atoms with E-state index in [1.165, 1.54) is 51.4 Å². The molecule has 3 saturated carbocycles. The van der Waals surface area contributed by atoms with E-state index in [4.69, 9.17) is 13.9 Å². The summed E-state index contributed by atoms with van der Waals surface area (Å²) in [6.45, 7) is 26.8. The van der Waals surface area contributed by atoms with E-state index >= 15 is 0 Å². The highest BCUT2D eigenvalue weighted by Gasteiger charge is 2.59. The van der Waals surface area contributed by atoms with Gasteiger partial charge in [0.25, 0.3) is 0 Å². The fourth-order valence-corrected chi connectivity index (χ4v) is 10.7. The Labute approximate surface area is 249 Å². The van der Waals surface area contributed by atoms with Gasteiger partial charge < -0.3 is 13.9 Å². The summed E-state index contributed by atoms with van der Waals surface area (Å²) in [5.74, 6) is 4.36. The molecule has 9 atom stereocenters. The van der Waals surface area contributed by atoms with Crippen molar-refractivity contribution in [2.45, 2.75) is 144 Å². The second-order valence-electron chi connectivity index (χ2n) is 16.9. The lowest BCUT2D eigenvalue weighted by atomic mass is 9.47. The molecule has 4 heteroatoms. The van der Waals surface area contributed by atoms with Gasteiger partial charge in [-0.2, -0.15) is 0 Å². The van der Waals surface area contributed by atoms with Crippen LogP contribution in [0.1, 0.15) is 114 Å². The highest BCUT2D eigenvalue weighted by Crippen LogP contribution is 2.67. The summed E-state index contributed by atoms with van der Waals surface area (Å²) < 4.78 is 18.1. The summed E-state index contributed by atoms with van der Waals surface area (Å²) in [5.41, 5.74) is 2.40. The predicted molar refractivity (Wildman–Crippen MR) is 172 cm³/mol. The standard InChI is InChI=1S/C36H64O3Si/c1-25(13-14-26(2)34(6,7)38-24-37-10)30-17-18-31-29-16-15-27-23-28(39-40(11,12)33(3,4)5)19-21-35(27,8)32(29)20-22-36(30,31)9/h13-15,25-26,28-32H,16-24H2,1-12H3/b14-13+/t25-,26+,28+,29+,30-,31+,32+,35+,36-/m1/s1. The summed E-state index contributed by atoms with van der Waals surface area (Å²) in [6, 6.07) is 0. The monoisotopic (exact) mass is 572 g/mol. The van der Waals surface area contributed by atoms with Crippen LogP contribution in [0.15, 0.2) is 23.8 Å². The molecule has 0 heterocycles. The van der Waals surface area contributed by atoms with E-state index in [1.807, 2.05) is 0 Å². The molecule has 0 amide bonds. The van der Waals surface area contributed by atoms with E-state index in [-0.39, 0.29) is 10.6 Å². The number of hydrogen-bond acceptors (Lipinski definition) is 3. The van der Waals surface area contributed by atoms with Crippen molar-refractivity contribution in [1.82, 2.24) is 0 Å². The molecule has 0 radical (unpaired) electrons. The molecule has 0 unspecified atom stereocenters. The van der Waals surface area contributed by atoms with Gasteiger partial charge in [-0.05, 0) is 124 Å². The fraction of sp³-hybridized carbons (Fsp3) is 0.889. The first-order valence-corrected chi connectivity index (χ1v) is 19.6. The maximum atomic E-state index is 6.96. The molecular weight excluding hydrogens is 508 g/mol. The lowest BCUT2D eigenvalue weighted by molar-refractivity contribution is -0.128. The van der Waals surface area contributed by atoms with Crippen molar-refractivity contribution in [2.24, 2.45) is 46.3 Å². The van der Waals surface area contributed by atoms with E-state index in [9.17, 15) is 0 Å². The van der Waals surface area contributed by atoms with Gasteiger partial charge in [0.05, 0.1) is 5.60 Å². The molecule has 0 bridgehead atoms. The zero-order valence-corrected chi connectivity index (χ0v) is 29.4. The minimum Gasteiger partial charge on any atom is -0.414 e. The maximum Gasteiger partial charge on any atom is 0.192 e. The Bertz CT molecular complexity index is 944. The van der Waals surface area contributed by atoms with Gasteiger partial charge in [0.1, 0.15) is 6.79 Å². The van der Waals surface area contributed by atoms with Crippen molar-refractivity contribution in [3.8, 4) is 0 Å². The number of allylic oxidation sites excluding steroid dienone is 2. The lowest BCUT2D eigenvalue weighted by Gasteiger charge is -2.59. The van der Waals surface area contributed by atoms with Crippen molar-refractivity contribution in [2.75, 3.05) is 13.9 Å². The van der Waals surface area contributed by atoms with Crippen molar-refractivity contribution < 1.29 is 13.9 Å². The zero-order chi connectivity index (χ0) is 29.7. The molecule has 230 valence electrons. The van der Waals surface area contributed by atoms with Crippen LogP contribution < -0.4 is 0 Å². The third kappa shape index (κ3) is 5.99. The van der Waals surface area contributed by atoms with Gasteiger partial charge in [-0.1, -0.05) is 72.3 Å². The molecule has 4 aliphatic rings. The summed E-state index contributed by atoms with van der Waals surface area (Å²) in [7, 11) is -0.0322. The van der Waals surface area contributed by atoms with Gasteiger partial charge in [-0.15, -0.1) is 0 Å². The Morgan fingerprint density at radius 1 is 0.975 bits per heavy atom. The Balaban J connectivity index is 1.44. The number of ether oxygens (including phenoxy) is 2. The maximum absolute atomic E-state index is 6.96. The van der Waals surface area contributed by atoms with Crippen molar-refractivity contribution in [3.63, 3.8) is 0 Å². The van der Waals surface area contributed by atoms with Crippen LogP contribution in [0.4, 0.5) is 0 Å². The Morgan fingerprint density at radius 2 is 1.68 bits per heavy atom. The van der Waals surface area contributed by atoms with Crippen LogP contribution in [0.3, 0.4) is 0 Å². The van der Waals surface area contributed by atoms with Crippen LogP contribution in [-0.2, 0) is 13.9 Å². The molecule has 4 aliphatic carbocycles. The van der Waals surface area contributed by atoms with E-state index in [0.717, 1.165) is 23.7 Å². The summed E-state index contributed by atoms with van der Waals surface area (Å²) >= 11 is 0. The van der Waals surface area contributed by atoms with Gasteiger partial charge in [-0.25, -0.2) is 0 Å². The fourth-order valence-electron chi connectivity index (χ4n) is 9.28. The highest BCUT2D eigenvalue weighted by atomic mass is 28.4. The van der Waals surface area contributed by atoms with Crippen LogP contribution >= 0.6 is 0 Å². The molecule has 0 saturated heterocycles. The van der Waals surface area contributed by atoms with E-state index < -0.39 is 8.32 Å². The molecule has 40 heavy (non-hydrogen) atoms.